The fourth-order valence-electron chi connectivity index (χ4n) is 1.34. The van der Waals surface area contributed by atoms with Gasteiger partial charge in [0, 0.05) is 5.56 Å². The van der Waals surface area contributed by atoms with Crippen LogP contribution >= 0.6 is 11.8 Å². The number of Topliss-reactive ketones (excluding diaryl/α,β-unsaturated/α-hetero) is 2. The summed E-state index contributed by atoms with van der Waals surface area (Å²) in [6.07, 6.45) is 4.90. The smallest absolute Gasteiger partial charge is 0.176 e. The van der Waals surface area contributed by atoms with Crippen molar-refractivity contribution >= 4 is 23.3 Å². The third-order valence-corrected chi connectivity index (χ3v) is 2.98. The van der Waals surface area contributed by atoms with Gasteiger partial charge in [0.2, 0.25) is 0 Å². The molecule has 0 bridgehead atoms. The summed E-state index contributed by atoms with van der Waals surface area (Å²) >= 11 is 1.33. The summed E-state index contributed by atoms with van der Waals surface area (Å²) in [5.41, 5.74) is 0.569. The van der Waals surface area contributed by atoms with Crippen molar-refractivity contribution in [1.82, 2.24) is 0 Å². The molecule has 1 aromatic carbocycles. The van der Waals surface area contributed by atoms with E-state index in [2.05, 4.69) is 6.58 Å². The standard InChI is InChI=1S/C14H14O2S/c1-3-7-14(17-2)13(16)10-12(15)11-8-5-4-6-9-11/h3-9H,1,10H2,2H3/b14-7-. The van der Waals surface area contributed by atoms with E-state index >= 15 is 0 Å². The van der Waals surface area contributed by atoms with E-state index in [1.165, 1.54) is 11.8 Å². The molecular weight excluding hydrogens is 232 g/mol. The predicted octanol–water partition coefficient (Wildman–Crippen LogP) is 3.26. The van der Waals surface area contributed by atoms with Crippen molar-refractivity contribution in [3.63, 3.8) is 0 Å². The second-order valence-electron chi connectivity index (χ2n) is 3.36. The molecule has 0 fully saturated rings. The van der Waals surface area contributed by atoms with Crippen LogP contribution in [0, 0.1) is 0 Å². The topological polar surface area (TPSA) is 34.1 Å². The van der Waals surface area contributed by atoms with Gasteiger partial charge in [0.15, 0.2) is 11.6 Å². The van der Waals surface area contributed by atoms with Gasteiger partial charge in [-0.1, -0.05) is 43.0 Å². The van der Waals surface area contributed by atoms with E-state index in [-0.39, 0.29) is 18.0 Å². The van der Waals surface area contributed by atoms with E-state index in [4.69, 9.17) is 0 Å². The van der Waals surface area contributed by atoms with E-state index in [1.807, 2.05) is 6.07 Å². The third kappa shape index (κ3) is 4.04. The van der Waals surface area contributed by atoms with Gasteiger partial charge >= 0.3 is 0 Å². The molecule has 0 radical (unpaired) electrons. The molecule has 0 saturated heterocycles. The normalized spacial score (nSPS) is 11.0. The molecular formula is C14H14O2S. The third-order valence-electron chi connectivity index (χ3n) is 2.18. The molecule has 88 valence electrons. The average molecular weight is 246 g/mol. The van der Waals surface area contributed by atoms with E-state index in [9.17, 15) is 9.59 Å². The predicted molar refractivity (Wildman–Crippen MR) is 72.2 cm³/mol. The number of hydrogen-bond donors (Lipinski definition) is 0. The molecule has 1 aromatic rings. The van der Waals surface area contributed by atoms with Gasteiger partial charge < -0.3 is 0 Å². The fraction of sp³-hybridized carbons (Fsp3) is 0.143. The van der Waals surface area contributed by atoms with Crippen LogP contribution in [0.5, 0.6) is 0 Å². The highest BCUT2D eigenvalue weighted by Crippen LogP contribution is 2.16. The van der Waals surface area contributed by atoms with Crippen molar-refractivity contribution in [1.29, 1.82) is 0 Å². The molecule has 0 N–H and O–H groups in total. The summed E-state index contributed by atoms with van der Waals surface area (Å²) in [5.74, 6) is -0.314. The SMILES string of the molecule is C=C/C=C(\SC)C(=O)CC(=O)c1ccccc1. The summed E-state index contributed by atoms with van der Waals surface area (Å²) in [7, 11) is 0. The Hall–Kier alpha value is -1.61. The van der Waals surface area contributed by atoms with Crippen molar-refractivity contribution in [2.24, 2.45) is 0 Å². The molecule has 1 rings (SSSR count). The van der Waals surface area contributed by atoms with Crippen LogP contribution in [-0.2, 0) is 4.79 Å². The summed E-state index contributed by atoms with van der Waals surface area (Å²) in [6.45, 7) is 3.54. The van der Waals surface area contributed by atoms with Crippen molar-refractivity contribution in [3.05, 3.63) is 59.5 Å². The highest BCUT2D eigenvalue weighted by molar-refractivity contribution is 8.03. The molecule has 0 spiro atoms. The zero-order valence-electron chi connectivity index (χ0n) is 9.68. The highest BCUT2D eigenvalue weighted by Gasteiger charge is 2.14. The van der Waals surface area contributed by atoms with Gasteiger partial charge in [0.25, 0.3) is 0 Å². The lowest BCUT2D eigenvalue weighted by molar-refractivity contribution is -0.114. The summed E-state index contributed by atoms with van der Waals surface area (Å²) in [4.78, 5) is 24.1. The van der Waals surface area contributed by atoms with Crippen molar-refractivity contribution < 1.29 is 9.59 Å². The molecule has 0 heterocycles. The van der Waals surface area contributed by atoms with Crippen molar-refractivity contribution in [2.75, 3.05) is 6.26 Å². The fourth-order valence-corrected chi connectivity index (χ4v) is 1.87. The number of rotatable bonds is 6. The number of thioether (sulfide) groups is 1. The molecule has 0 aliphatic heterocycles. The van der Waals surface area contributed by atoms with Crippen LogP contribution in [0.4, 0.5) is 0 Å². The minimum atomic E-state index is -0.161. The molecule has 3 heteroatoms. The highest BCUT2D eigenvalue weighted by atomic mass is 32.2. The quantitative estimate of drug-likeness (QED) is 0.334. The summed E-state index contributed by atoms with van der Waals surface area (Å²) in [5, 5.41) is 0. The minimum Gasteiger partial charge on any atom is -0.294 e. The molecule has 0 amide bonds. The van der Waals surface area contributed by atoms with Crippen LogP contribution in [-0.4, -0.2) is 17.8 Å². The van der Waals surface area contributed by atoms with E-state index in [1.54, 1.807) is 42.7 Å². The number of ketones is 2. The summed E-state index contributed by atoms with van der Waals surface area (Å²) in [6, 6.07) is 8.83. The monoisotopic (exact) mass is 246 g/mol. The lowest BCUT2D eigenvalue weighted by Gasteiger charge is -2.02. The molecule has 0 aliphatic rings. The van der Waals surface area contributed by atoms with Crippen LogP contribution in [0.1, 0.15) is 16.8 Å². The Morgan fingerprint density at radius 3 is 2.47 bits per heavy atom. The Kier molecular flexibility index (Phi) is 5.43. The molecule has 0 atom stereocenters. The molecule has 0 aliphatic carbocycles. The average Bonchev–Trinajstić information content (AvgIpc) is 2.36. The number of carbonyl (C=O) groups excluding carboxylic acids is 2. The van der Waals surface area contributed by atoms with Crippen LogP contribution in [0.15, 0.2) is 54.0 Å². The number of carbonyl (C=O) groups is 2. The number of allylic oxidation sites excluding steroid dienone is 3. The van der Waals surface area contributed by atoms with Gasteiger partial charge in [-0.05, 0) is 12.3 Å². The van der Waals surface area contributed by atoms with E-state index < -0.39 is 0 Å². The van der Waals surface area contributed by atoms with Gasteiger partial charge in [-0.15, -0.1) is 11.8 Å². The van der Waals surface area contributed by atoms with Gasteiger partial charge in [0.1, 0.15) is 0 Å². The summed E-state index contributed by atoms with van der Waals surface area (Å²) < 4.78 is 0. The van der Waals surface area contributed by atoms with Gasteiger partial charge in [-0.2, -0.15) is 0 Å². The van der Waals surface area contributed by atoms with Crippen molar-refractivity contribution in [2.45, 2.75) is 6.42 Å². The largest absolute Gasteiger partial charge is 0.294 e. The van der Waals surface area contributed by atoms with Crippen LogP contribution < -0.4 is 0 Å². The maximum absolute atomic E-state index is 11.8. The second kappa shape index (κ2) is 6.86. The Balaban J connectivity index is 2.73. The first-order valence-electron chi connectivity index (χ1n) is 5.17. The van der Waals surface area contributed by atoms with Crippen molar-refractivity contribution in [3.8, 4) is 0 Å². The first kappa shape index (κ1) is 13.5. The Morgan fingerprint density at radius 2 is 1.94 bits per heavy atom. The van der Waals surface area contributed by atoms with Gasteiger partial charge in [0.05, 0.1) is 11.3 Å². The molecule has 0 aromatic heterocycles. The van der Waals surface area contributed by atoms with E-state index in [0.29, 0.717) is 10.5 Å². The lowest BCUT2D eigenvalue weighted by Crippen LogP contribution is -2.08. The first-order valence-corrected chi connectivity index (χ1v) is 6.39. The van der Waals surface area contributed by atoms with Crippen LogP contribution in [0.2, 0.25) is 0 Å². The maximum atomic E-state index is 11.8. The van der Waals surface area contributed by atoms with Gasteiger partial charge in [-0.25, -0.2) is 0 Å². The zero-order chi connectivity index (χ0) is 12.7. The number of hydrogen-bond acceptors (Lipinski definition) is 3. The lowest BCUT2D eigenvalue weighted by atomic mass is 10.1. The van der Waals surface area contributed by atoms with E-state index in [0.717, 1.165) is 0 Å². The molecule has 0 saturated carbocycles. The molecule has 17 heavy (non-hydrogen) atoms. The van der Waals surface area contributed by atoms with Gasteiger partial charge in [-0.3, -0.25) is 9.59 Å². The Bertz CT molecular complexity index is 447. The minimum absolute atomic E-state index is 0.0927. The van der Waals surface area contributed by atoms with Crippen LogP contribution in [0.3, 0.4) is 0 Å². The first-order chi connectivity index (χ1) is 8.19. The maximum Gasteiger partial charge on any atom is 0.176 e. The number of benzene rings is 1. The Morgan fingerprint density at radius 1 is 1.29 bits per heavy atom. The van der Waals surface area contributed by atoms with Crippen LogP contribution in [0.25, 0.3) is 0 Å². The molecule has 0 unspecified atom stereocenters. The Labute approximate surface area is 105 Å². The second-order valence-corrected chi connectivity index (χ2v) is 4.21. The zero-order valence-corrected chi connectivity index (χ0v) is 10.5. The molecule has 2 nitrogen and oxygen atoms in total.